The van der Waals surface area contributed by atoms with Gasteiger partial charge in [-0.05, 0) is 70.3 Å². The Morgan fingerprint density at radius 1 is 1.32 bits per heavy atom. The zero-order chi connectivity index (χ0) is 20.3. The van der Waals surface area contributed by atoms with E-state index in [1.165, 1.54) is 31.0 Å². The number of benzene rings is 1. The van der Waals surface area contributed by atoms with E-state index in [1.54, 1.807) is 6.08 Å². The van der Waals surface area contributed by atoms with Crippen molar-refractivity contribution in [3.05, 3.63) is 41.6 Å². The largest absolute Gasteiger partial charge is 0.507 e. The number of alkyl halides is 2. The van der Waals surface area contributed by atoms with Crippen LogP contribution in [0, 0.1) is 5.92 Å². The second kappa shape index (κ2) is 8.73. The molecule has 0 aliphatic carbocycles. The van der Waals surface area contributed by atoms with Crippen molar-refractivity contribution in [3.8, 4) is 11.5 Å². The summed E-state index contributed by atoms with van der Waals surface area (Å²) in [6, 6.07) is 4.72. The topological polar surface area (TPSA) is 48.3 Å². The van der Waals surface area contributed by atoms with E-state index >= 15 is 0 Å². The number of likely N-dealkylation sites (N-methyl/N-ethyl adjacent to an activating group) is 1. The Hall–Kier alpha value is -2.41. The predicted octanol–water partition coefficient (Wildman–Crippen LogP) is 3.96. The standard InChI is InChI=1S/C21H27F2N3O2/c1-14(26-12-10-15-9-11-25(3)13-17(15)26)7-8-16(24-2)20-18(27)5-4-6-19(20)28-21(22)23/h4-8,15,17,21,27H,2,9-13H2,1,3H3/b14-7+,16-8-/t15-,17-/m0/s1. The number of rotatable bonds is 6. The van der Waals surface area contributed by atoms with E-state index in [9.17, 15) is 13.9 Å². The summed E-state index contributed by atoms with van der Waals surface area (Å²) in [5.74, 6) is 0.401. The van der Waals surface area contributed by atoms with Gasteiger partial charge in [0.1, 0.15) is 11.5 Å². The van der Waals surface area contributed by atoms with E-state index in [-0.39, 0.29) is 22.8 Å². The van der Waals surface area contributed by atoms with Gasteiger partial charge in [0.25, 0.3) is 0 Å². The summed E-state index contributed by atoms with van der Waals surface area (Å²) in [6.07, 6.45) is 5.99. The van der Waals surface area contributed by atoms with Crippen molar-refractivity contribution in [2.45, 2.75) is 32.4 Å². The molecule has 7 heteroatoms. The van der Waals surface area contributed by atoms with Crippen LogP contribution in [0.15, 0.2) is 41.0 Å². The van der Waals surface area contributed by atoms with Crippen molar-refractivity contribution < 1.29 is 18.6 Å². The number of hydrogen-bond acceptors (Lipinski definition) is 5. The highest BCUT2D eigenvalue weighted by molar-refractivity contribution is 5.77. The lowest BCUT2D eigenvalue weighted by atomic mass is 9.92. The van der Waals surface area contributed by atoms with Crippen LogP contribution < -0.4 is 4.74 Å². The van der Waals surface area contributed by atoms with Crippen LogP contribution in [0.5, 0.6) is 11.5 Å². The monoisotopic (exact) mass is 391 g/mol. The fraction of sp³-hybridized carbons (Fsp3) is 0.476. The molecule has 5 nitrogen and oxygen atoms in total. The van der Waals surface area contributed by atoms with Gasteiger partial charge in [-0.15, -0.1) is 0 Å². The number of phenolic OH excluding ortho intramolecular Hbond substituents is 1. The van der Waals surface area contributed by atoms with Gasteiger partial charge in [-0.25, -0.2) is 0 Å². The van der Waals surface area contributed by atoms with Crippen LogP contribution >= 0.6 is 0 Å². The van der Waals surface area contributed by atoms with E-state index < -0.39 is 6.61 Å². The van der Waals surface area contributed by atoms with E-state index in [2.05, 4.69) is 33.3 Å². The molecule has 1 aromatic rings. The first-order chi connectivity index (χ1) is 13.4. The number of phenols is 1. The fourth-order valence-corrected chi connectivity index (χ4v) is 4.22. The van der Waals surface area contributed by atoms with Crippen LogP contribution in [0.3, 0.4) is 0 Å². The smallest absolute Gasteiger partial charge is 0.387 e. The van der Waals surface area contributed by atoms with Gasteiger partial charge in [0.2, 0.25) is 0 Å². The maximum absolute atomic E-state index is 12.7. The molecule has 0 saturated carbocycles. The van der Waals surface area contributed by atoms with E-state index in [4.69, 9.17) is 0 Å². The molecule has 2 heterocycles. The minimum absolute atomic E-state index is 0.110. The van der Waals surface area contributed by atoms with Crippen LogP contribution in [0.4, 0.5) is 8.78 Å². The van der Waals surface area contributed by atoms with Crippen molar-refractivity contribution in [1.29, 1.82) is 0 Å². The molecular weight excluding hydrogens is 364 g/mol. The SMILES string of the molecule is C=N/C(=C\C=C(/C)N1CC[C@@H]2CCN(C)C[C@@H]21)c1c(O)cccc1OC(F)F. The van der Waals surface area contributed by atoms with Gasteiger partial charge < -0.3 is 19.6 Å². The van der Waals surface area contributed by atoms with Gasteiger partial charge >= 0.3 is 6.61 Å². The Balaban J connectivity index is 1.86. The maximum Gasteiger partial charge on any atom is 0.387 e. The molecule has 0 bridgehead atoms. The average molecular weight is 391 g/mol. The number of allylic oxidation sites excluding steroid dienone is 3. The van der Waals surface area contributed by atoms with E-state index in [0.717, 1.165) is 25.3 Å². The molecule has 2 saturated heterocycles. The normalized spacial score (nSPS) is 23.8. The van der Waals surface area contributed by atoms with Gasteiger partial charge in [0.05, 0.1) is 11.3 Å². The number of aliphatic imine (C=N–C) groups is 1. The number of ether oxygens (including phenoxy) is 1. The molecule has 0 unspecified atom stereocenters. The lowest BCUT2D eigenvalue weighted by Crippen LogP contribution is -2.45. The third-order valence-corrected chi connectivity index (χ3v) is 5.65. The number of nitrogens with zero attached hydrogens (tertiary/aromatic N) is 3. The number of aromatic hydroxyl groups is 1. The van der Waals surface area contributed by atoms with Crippen LogP contribution in [-0.2, 0) is 0 Å². The van der Waals surface area contributed by atoms with Gasteiger partial charge in [-0.2, -0.15) is 8.78 Å². The van der Waals surface area contributed by atoms with Crippen LogP contribution in [0.2, 0.25) is 0 Å². The highest BCUT2D eigenvalue weighted by Crippen LogP contribution is 2.36. The van der Waals surface area contributed by atoms with Crippen molar-refractivity contribution >= 4 is 12.4 Å². The Bertz CT molecular complexity index is 779. The highest BCUT2D eigenvalue weighted by atomic mass is 19.3. The molecule has 2 atom stereocenters. The zero-order valence-electron chi connectivity index (χ0n) is 16.3. The summed E-state index contributed by atoms with van der Waals surface area (Å²) in [5, 5.41) is 10.2. The van der Waals surface area contributed by atoms with Gasteiger partial charge in [-0.3, -0.25) is 4.99 Å². The number of fused-ring (bicyclic) bond motifs is 1. The van der Waals surface area contributed by atoms with Gasteiger partial charge in [-0.1, -0.05) is 6.07 Å². The molecule has 0 radical (unpaired) electrons. The van der Waals surface area contributed by atoms with Crippen LogP contribution in [0.25, 0.3) is 5.70 Å². The minimum Gasteiger partial charge on any atom is -0.507 e. The maximum atomic E-state index is 12.7. The molecule has 0 spiro atoms. The van der Waals surface area contributed by atoms with Gasteiger partial charge in [0.15, 0.2) is 0 Å². The number of piperidine rings is 1. The second-order valence-electron chi connectivity index (χ2n) is 7.41. The first kappa shape index (κ1) is 20.3. The predicted molar refractivity (Wildman–Crippen MR) is 107 cm³/mol. The minimum atomic E-state index is -2.99. The molecule has 152 valence electrons. The fourth-order valence-electron chi connectivity index (χ4n) is 4.22. The summed E-state index contributed by atoms with van der Waals surface area (Å²) >= 11 is 0. The molecule has 2 aliphatic heterocycles. The number of halogens is 2. The first-order valence-corrected chi connectivity index (χ1v) is 9.48. The van der Waals surface area contributed by atoms with Crippen molar-refractivity contribution in [3.63, 3.8) is 0 Å². The number of hydrogen-bond donors (Lipinski definition) is 1. The molecule has 1 aromatic carbocycles. The van der Waals surface area contributed by atoms with Crippen molar-refractivity contribution in [2.75, 3.05) is 26.7 Å². The average Bonchev–Trinajstić information content (AvgIpc) is 3.06. The Kier molecular flexibility index (Phi) is 6.34. The quantitative estimate of drug-likeness (QED) is 0.589. The Morgan fingerprint density at radius 2 is 2.07 bits per heavy atom. The molecule has 3 rings (SSSR count). The van der Waals surface area contributed by atoms with E-state index in [0.29, 0.717) is 12.0 Å². The van der Waals surface area contributed by atoms with Crippen molar-refractivity contribution in [2.24, 2.45) is 10.9 Å². The summed E-state index contributed by atoms with van der Waals surface area (Å²) in [7, 11) is 2.15. The van der Waals surface area contributed by atoms with Crippen LogP contribution in [0.1, 0.15) is 25.3 Å². The molecular formula is C21H27F2N3O2. The second-order valence-corrected chi connectivity index (χ2v) is 7.41. The molecule has 2 fully saturated rings. The lowest BCUT2D eigenvalue weighted by Gasteiger charge is -2.38. The van der Waals surface area contributed by atoms with Crippen molar-refractivity contribution in [1.82, 2.24) is 9.80 Å². The first-order valence-electron chi connectivity index (χ1n) is 9.48. The molecule has 28 heavy (non-hydrogen) atoms. The summed E-state index contributed by atoms with van der Waals surface area (Å²) in [5.41, 5.74) is 1.47. The zero-order valence-corrected chi connectivity index (χ0v) is 16.3. The van der Waals surface area contributed by atoms with E-state index in [1.807, 2.05) is 13.0 Å². The Labute approximate surface area is 164 Å². The lowest BCUT2D eigenvalue weighted by molar-refractivity contribution is -0.0501. The summed E-state index contributed by atoms with van der Waals surface area (Å²) < 4.78 is 30.0. The third kappa shape index (κ3) is 4.35. The summed E-state index contributed by atoms with van der Waals surface area (Å²) in [4.78, 5) is 8.69. The molecule has 1 N–H and O–H groups in total. The molecule has 0 aromatic heterocycles. The van der Waals surface area contributed by atoms with Crippen LogP contribution in [-0.4, -0.2) is 61.0 Å². The Morgan fingerprint density at radius 3 is 2.79 bits per heavy atom. The van der Waals surface area contributed by atoms with Gasteiger partial charge in [0, 0.05) is 24.8 Å². The summed E-state index contributed by atoms with van der Waals surface area (Å²) in [6.45, 7) is 5.76. The number of likely N-dealkylation sites (tertiary alicyclic amines) is 2. The highest BCUT2D eigenvalue weighted by Gasteiger charge is 2.37. The molecule has 2 aliphatic rings. The third-order valence-electron chi connectivity index (χ3n) is 5.65. The molecule has 0 amide bonds.